The number of primary amides is 1. The molecule has 0 saturated carbocycles. The summed E-state index contributed by atoms with van der Waals surface area (Å²) in [5.74, 6) is 0.729. The molecule has 0 radical (unpaired) electrons. The van der Waals surface area contributed by atoms with Gasteiger partial charge in [-0.3, -0.25) is 14.7 Å². The van der Waals surface area contributed by atoms with Gasteiger partial charge < -0.3 is 11.1 Å². The molecule has 1 fully saturated rings. The summed E-state index contributed by atoms with van der Waals surface area (Å²) in [6, 6.07) is 16.0. The van der Waals surface area contributed by atoms with Crippen molar-refractivity contribution in [1.82, 2.24) is 4.90 Å². The Morgan fingerprint density at radius 2 is 1.85 bits per heavy atom. The quantitative estimate of drug-likeness (QED) is 0.866. The van der Waals surface area contributed by atoms with Crippen molar-refractivity contribution in [3.63, 3.8) is 0 Å². The summed E-state index contributed by atoms with van der Waals surface area (Å²) in [6.07, 6.45) is 0. The van der Waals surface area contributed by atoms with Crippen molar-refractivity contribution in [2.45, 2.75) is 13.0 Å². The lowest BCUT2D eigenvalue weighted by Gasteiger charge is -2.18. The number of hydrogen-bond donors (Lipinski definition) is 2. The summed E-state index contributed by atoms with van der Waals surface area (Å²) >= 11 is 1.59. The monoisotopic (exact) mass is 368 g/mol. The zero-order valence-corrected chi connectivity index (χ0v) is 15.2. The van der Waals surface area contributed by atoms with E-state index in [1.165, 1.54) is 0 Å². The van der Waals surface area contributed by atoms with E-state index in [-0.39, 0.29) is 11.9 Å². The lowest BCUT2D eigenvalue weighted by molar-refractivity contribution is 0.0859. The number of hydrogen-bond acceptors (Lipinski definition) is 4. The first-order valence-electron chi connectivity index (χ1n) is 8.28. The molecule has 1 atom stereocenters. The van der Waals surface area contributed by atoms with E-state index in [1.807, 2.05) is 37.3 Å². The molecule has 7 heteroatoms. The molecule has 0 bridgehead atoms. The third-order valence-electron chi connectivity index (χ3n) is 4.01. The number of aliphatic imine (C=N–C) groups is 1. The maximum absolute atomic E-state index is 12.8. The number of carbonyl (C=O) groups excluding carboxylic acids is 2. The number of anilines is 1. The van der Waals surface area contributed by atoms with Crippen molar-refractivity contribution >= 4 is 34.6 Å². The highest BCUT2D eigenvalue weighted by Gasteiger charge is 2.27. The van der Waals surface area contributed by atoms with Crippen LogP contribution in [0.2, 0.25) is 0 Å². The minimum absolute atomic E-state index is 0.0192. The van der Waals surface area contributed by atoms with Gasteiger partial charge >= 0.3 is 6.03 Å². The fraction of sp³-hybridized carbons (Fsp3) is 0.211. The van der Waals surface area contributed by atoms with E-state index in [1.54, 1.807) is 40.9 Å². The molecule has 2 aromatic rings. The Morgan fingerprint density at radius 1 is 1.15 bits per heavy atom. The van der Waals surface area contributed by atoms with Gasteiger partial charge in [-0.15, -0.1) is 0 Å². The SMILES string of the molecule is CC(N=C1SCCN1C(=O)c1ccc(NC(N)=O)cc1)c1ccccc1. The highest BCUT2D eigenvalue weighted by atomic mass is 32.2. The van der Waals surface area contributed by atoms with Crippen LogP contribution in [0.4, 0.5) is 10.5 Å². The average molecular weight is 368 g/mol. The number of nitrogens with two attached hydrogens (primary N) is 1. The van der Waals surface area contributed by atoms with Gasteiger partial charge in [0, 0.05) is 23.5 Å². The summed E-state index contributed by atoms with van der Waals surface area (Å²) in [7, 11) is 0. The van der Waals surface area contributed by atoms with E-state index < -0.39 is 6.03 Å². The second-order valence-corrected chi connectivity index (χ2v) is 6.93. The van der Waals surface area contributed by atoms with E-state index in [2.05, 4.69) is 5.32 Å². The van der Waals surface area contributed by atoms with Crippen LogP contribution in [0, 0.1) is 0 Å². The Balaban J connectivity index is 1.76. The molecule has 1 heterocycles. The molecule has 1 saturated heterocycles. The van der Waals surface area contributed by atoms with Crippen LogP contribution >= 0.6 is 11.8 Å². The van der Waals surface area contributed by atoms with E-state index in [9.17, 15) is 9.59 Å². The summed E-state index contributed by atoms with van der Waals surface area (Å²) in [5, 5.41) is 3.22. The van der Waals surface area contributed by atoms with Gasteiger partial charge in [-0.25, -0.2) is 4.79 Å². The van der Waals surface area contributed by atoms with Crippen LogP contribution in [0.1, 0.15) is 28.9 Å². The van der Waals surface area contributed by atoms with Gasteiger partial charge in [-0.1, -0.05) is 42.1 Å². The third-order valence-corrected chi connectivity index (χ3v) is 4.98. The number of benzene rings is 2. The van der Waals surface area contributed by atoms with Gasteiger partial charge in [0.25, 0.3) is 5.91 Å². The molecule has 0 aromatic heterocycles. The summed E-state index contributed by atoms with van der Waals surface area (Å²) < 4.78 is 0. The zero-order chi connectivity index (χ0) is 18.5. The van der Waals surface area contributed by atoms with Gasteiger partial charge in [-0.2, -0.15) is 0 Å². The van der Waals surface area contributed by atoms with Crippen LogP contribution in [0.3, 0.4) is 0 Å². The van der Waals surface area contributed by atoms with Crippen molar-refractivity contribution < 1.29 is 9.59 Å². The highest BCUT2D eigenvalue weighted by Crippen LogP contribution is 2.25. The molecule has 1 aliphatic rings. The first-order chi connectivity index (χ1) is 12.5. The topological polar surface area (TPSA) is 87.8 Å². The lowest BCUT2D eigenvalue weighted by Crippen LogP contribution is -2.32. The predicted octanol–water partition coefficient (Wildman–Crippen LogP) is 3.48. The Morgan fingerprint density at radius 3 is 2.50 bits per heavy atom. The first kappa shape index (κ1) is 18.0. The third kappa shape index (κ3) is 4.23. The second-order valence-electron chi connectivity index (χ2n) is 5.87. The van der Waals surface area contributed by atoms with Crippen LogP contribution in [-0.4, -0.2) is 34.3 Å². The van der Waals surface area contributed by atoms with E-state index >= 15 is 0 Å². The highest BCUT2D eigenvalue weighted by molar-refractivity contribution is 8.14. The number of urea groups is 1. The Bertz CT molecular complexity index is 821. The van der Waals surface area contributed by atoms with Gasteiger partial charge in [0.2, 0.25) is 0 Å². The van der Waals surface area contributed by atoms with Crippen LogP contribution < -0.4 is 11.1 Å². The van der Waals surface area contributed by atoms with Gasteiger partial charge in [0.05, 0.1) is 6.04 Å². The fourth-order valence-corrected chi connectivity index (χ4v) is 3.68. The van der Waals surface area contributed by atoms with Gasteiger partial charge in [0.15, 0.2) is 5.17 Å². The van der Waals surface area contributed by atoms with Crippen LogP contribution in [0.5, 0.6) is 0 Å². The first-order valence-corrected chi connectivity index (χ1v) is 9.27. The number of thioether (sulfide) groups is 1. The molecule has 1 aliphatic heterocycles. The van der Waals surface area contributed by atoms with Crippen LogP contribution in [0.25, 0.3) is 0 Å². The van der Waals surface area contributed by atoms with Crippen molar-refractivity contribution in [3.05, 3.63) is 65.7 Å². The van der Waals surface area contributed by atoms with E-state index in [4.69, 9.17) is 10.7 Å². The molecule has 6 nitrogen and oxygen atoms in total. The number of nitrogens with zero attached hydrogens (tertiary/aromatic N) is 2. The fourth-order valence-electron chi connectivity index (χ4n) is 2.66. The number of amides is 3. The van der Waals surface area contributed by atoms with E-state index in [0.29, 0.717) is 17.8 Å². The summed E-state index contributed by atoms with van der Waals surface area (Å²) in [6.45, 7) is 2.65. The largest absolute Gasteiger partial charge is 0.351 e. The number of carbonyl (C=O) groups is 2. The van der Waals surface area contributed by atoms with E-state index in [0.717, 1.165) is 16.5 Å². The van der Waals surface area contributed by atoms with Crippen LogP contribution in [-0.2, 0) is 0 Å². The molecule has 134 valence electrons. The Hall–Kier alpha value is -2.80. The molecule has 3 N–H and O–H groups in total. The molecule has 26 heavy (non-hydrogen) atoms. The molecule has 2 aromatic carbocycles. The van der Waals surface area contributed by atoms with Crippen LogP contribution in [0.15, 0.2) is 59.6 Å². The molecule has 3 rings (SSSR count). The normalized spacial score (nSPS) is 16.5. The van der Waals surface area contributed by atoms with Gasteiger partial charge in [0.1, 0.15) is 0 Å². The Labute approximate surface area is 156 Å². The number of amidine groups is 1. The smallest absolute Gasteiger partial charge is 0.316 e. The van der Waals surface area contributed by atoms with Crippen molar-refractivity contribution in [2.24, 2.45) is 10.7 Å². The summed E-state index contributed by atoms with van der Waals surface area (Å²) in [4.78, 5) is 30.2. The average Bonchev–Trinajstić information content (AvgIpc) is 3.10. The molecule has 0 aliphatic carbocycles. The predicted molar refractivity (Wildman–Crippen MR) is 105 cm³/mol. The van der Waals surface area contributed by atoms with Crippen molar-refractivity contribution in [2.75, 3.05) is 17.6 Å². The van der Waals surface area contributed by atoms with Gasteiger partial charge in [-0.05, 0) is 36.8 Å². The number of rotatable bonds is 4. The molecule has 1 unspecified atom stereocenters. The summed E-state index contributed by atoms with van der Waals surface area (Å²) in [5.41, 5.74) is 7.30. The van der Waals surface area contributed by atoms with Crippen molar-refractivity contribution in [1.29, 1.82) is 0 Å². The maximum atomic E-state index is 12.8. The minimum atomic E-state index is -0.635. The Kier molecular flexibility index (Phi) is 5.58. The second kappa shape index (κ2) is 8.05. The zero-order valence-electron chi connectivity index (χ0n) is 14.4. The molecular formula is C19H20N4O2S. The minimum Gasteiger partial charge on any atom is -0.351 e. The van der Waals surface area contributed by atoms with Crippen molar-refractivity contribution in [3.8, 4) is 0 Å². The molecular weight excluding hydrogens is 348 g/mol. The number of nitrogens with one attached hydrogen (secondary N) is 1. The lowest BCUT2D eigenvalue weighted by atomic mass is 10.1. The molecule has 0 spiro atoms. The molecule has 3 amide bonds. The standard InChI is InChI=1S/C19H20N4O2S/c1-13(14-5-3-2-4-6-14)21-19-23(11-12-26-19)17(24)15-7-9-16(10-8-15)22-18(20)25/h2-10,13H,11-12H2,1H3,(H3,20,22,25). The maximum Gasteiger partial charge on any atom is 0.316 e.